The summed E-state index contributed by atoms with van der Waals surface area (Å²) in [6, 6.07) is 6.68. The van der Waals surface area contributed by atoms with Gasteiger partial charge < -0.3 is 16.0 Å². The van der Waals surface area contributed by atoms with Gasteiger partial charge in [-0.25, -0.2) is 0 Å². The van der Waals surface area contributed by atoms with Crippen molar-refractivity contribution < 1.29 is 0 Å². The molecule has 0 aromatic heterocycles. The molecule has 0 amide bonds. The van der Waals surface area contributed by atoms with E-state index in [-0.39, 0.29) is 0 Å². The summed E-state index contributed by atoms with van der Waals surface area (Å²) in [5, 5.41) is 4.15. The molecule has 1 aromatic rings. The van der Waals surface area contributed by atoms with Crippen LogP contribution < -0.4 is 16.0 Å². The van der Waals surface area contributed by atoms with Gasteiger partial charge in [0.25, 0.3) is 0 Å². The summed E-state index contributed by atoms with van der Waals surface area (Å²) in [5.74, 6) is 0.840. The minimum Gasteiger partial charge on any atom is -0.398 e. The second-order valence-corrected chi connectivity index (χ2v) is 6.56. The largest absolute Gasteiger partial charge is 0.398 e. The molecule has 3 N–H and O–H groups in total. The third-order valence-corrected chi connectivity index (χ3v) is 5.05. The Kier molecular flexibility index (Phi) is 4.37. The summed E-state index contributed by atoms with van der Waals surface area (Å²) < 4.78 is 0. The van der Waals surface area contributed by atoms with Crippen molar-refractivity contribution in [3.05, 3.63) is 23.2 Å². The number of halogens is 1. The van der Waals surface area contributed by atoms with Crippen LogP contribution in [0.3, 0.4) is 0 Å². The molecule has 1 aliphatic carbocycles. The number of nitrogen functional groups attached to an aromatic ring is 1. The molecule has 0 radical (unpaired) electrons. The summed E-state index contributed by atoms with van der Waals surface area (Å²) in [6.45, 7) is 3.36. The molecule has 1 atom stereocenters. The monoisotopic (exact) mass is 293 g/mol. The Balaban J connectivity index is 1.80. The lowest BCUT2D eigenvalue weighted by Gasteiger charge is -2.33. The van der Waals surface area contributed by atoms with Gasteiger partial charge in [-0.15, -0.1) is 0 Å². The summed E-state index contributed by atoms with van der Waals surface area (Å²) in [4.78, 5) is 2.56. The molecule has 3 rings (SSSR count). The fraction of sp³-hybridized carbons (Fsp3) is 0.625. The van der Waals surface area contributed by atoms with Gasteiger partial charge in [0.05, 0.1) is 10.7 Å². The Hall–Kier alpha value is -0.930. The lowest BCUT2D eigenvalue weighted by atomic mass is 10.0. The number of nitrogens with one attached hydrogen (secondary N) is 1. The Morgan fingerprint density at radius 2 is 2.05 bits per heavy atom. The van der Waals surface area contributed by atoms with E-state index < -0.39 is 0 Å². The number of benzene rings is 1. The first-order valence-corrected chi connectivity index (χ1v) is 8.14. The van der Waals surface area contributed by atoms with E-state index in [0.29, 0.717) is 16.8 Å². The van der Waals surface area contributed by atoms with E-state index in [9.17, 15) is 0 Å². The molecule has 0 bridgehead atoms. The second-order valence-electron chi connectivity index (χ2n) is 6.16. The molecule has 3 nitrogen and oxygen atoms in total. The lowest BCUT2D eigenvalue weighted by molar-refractivity contribution is 0.497. The van der Waals surface area contributed by atoms with Crippen LogP contribution in [0.25, 0.3) is 0 Å². The van der Waals surface area contributed by atoms with Crippen molar-refractivity contribution >= 4 is 23.0 Å². The molecular formula is C16H24ClN3. The van der Waals surface area contributed by atoms with Gasteiger partial charge in [-0.2, -0.15) is 0 Å². The average molecular weight is 294 g/mol. The standard InChI is InChI=1S/C16H24ClN3/c17-15-9-13(5-6-16(15)18)20(14-7-8-19-10-14)11-12-3-1-2-4-12/h5-6,9,12,14,19H,1-4,7-8,10-11,18H2/t14-/m0/s1. The van der Waals surface area contributed by atoms with Crippen LogP contribution in [-0.4, -0.2) is 25.7 Å². The summed E-state index contributed by atoms with van der Waals surface area (Å²) in [5.41, 5.74) is 7.74. The Labute approximate surface area is 126 Å². The topological polar surface area (TPSA) is 41.3 Å². The highest BCUT2D eigenvalue weighted by Gasteiger charge is 2.26. The normalized spacial score (nSPS) is 23.4. The molecule has 20 heavy (non-hydrogen) atoms. The molecular weight excluding hydrogens is 270 g/mol. The van der Waals surface area contributed by atoms with Crippen LogP contribution in [0.2, 0.25) is 5.02 Å². The first-order valence-electron chi connectivity index (χ1n) is 7.76. The summed E-state index contributed by atoms with van der Waals surface area (Å²) in [7, 11) is 0. The number of nitrogens with two attached hydrogens (primary N) is 1. The van der Waals surface area contributed by atoms with Crippen molar-refractivity contribution in [3.63, 3.8) is 0 Å². The quantitative estimate of drug-likeness (QED) is 0.837. The van der Waals surface area contributed by atoms with E-state index in [1.165, 1.54) is 37.8 Å². The molecule has 1 saturated carbocycles. The van der Waals surface area contributed by atoms with Crippen LogP contribution in [-0.2, 0) is 0 Å². The maximum Gasteiger partial charge on any atom is 0.0656 e. The van der Waals surface area contributed by atoms with Crippen LogP contribution >= 0.6 is 11.6 Å². The molecule has 1 heterocycles. The van der Waals surface area contributed by atoms with Crippen molar-refractivity contribution in [1.29, 1.82) is 0 Å². The molecule has 1 aromatic carbocycles. The Morgan fingerprint density at radius 1 is 1.25 bits per heavy atom. The van der Waals surface area contributed by atoms with Gasteiger partial charge in [-0.3, -0.25) is 0 Å². The molecule has 1 saturated heterocycles. The van der Waals surface area contributed by atoms with Crippen LogP contribution in [0.1, 0.15) is 32.1 Å². The molecule has 0 unspecified atom stereocenters. The average Bonchev–Trinajstić information content (AvgIpc) is 3.11. The molecule has 1 aliphatic heterocycles. The van der Waals surface area contributed by atoms with Gasteiger partial charge in [0, 0.05) is 24.8 Å². The molecule has 0 spiro atoms. The van der Waals surface area contributed by atoms with Gasteiger partial charge in [0.2, 0.25) is 0 Å². The van der Waals surface area contributed by atoms with E-state index in [1.807, 2.05) is 12.1 Å². The Bertz CT molecular complexity index is 451. The van der Waals surface area contributed by atoms with Crippen LogP contribution in [0.4, 0.5) is 11.4 Å². The van der Waals surface area contributed by atoms with Gasteiger partial charge in [0.1, 0.15) is 0 Å². The van der Waals surface area contributed by atoms with Crippen molar-refractivity contribution in [2.24, 2.45) is 5.92 Å². The fourth-order valence-corrected chi connectivity index (χ4v) is 3.71. The molecule has 2 fully saturated rings. The second kappa shape index (κ2) is 6.23. The molecule has 110 valence electrons. The van der Waals surface area contributed by atoms with Crippen LogP contribution in [0, 0.1) is 5.92 Å². The predicted molar refractivity (Wildman–Crippen MR) is 86.4 cm³/mol. The number of anilines is 2. The van der Waals surface area contributed by atoms with Crippen molar-refractivity contribution in [1.82, 2.24) is 5.32 Å². The first kappa shape index (κ1) is 14.0. The fourth-order valence-electron chi connectivity index (χ4n) is 3.54. The number of hydrogen-bond acceptors (Lipinski definition) is 3. The molecule has 2 aliphatic rings. The van der Waals surface area contributed by atoms with E-state index >= 15 is 0 Å². The highest BCUT2D eigenvalue weighted by atomic mass is 35.5. The lowest BCUT2D eigenvalue weighted by Crippen LogP contribution is -2.40. The van der Waals surface area contributed by atoms with Gasteiger partial charge in [-0.1, -0.05) is 24.4 Å². The van der Waals surface area contributed by atoms with E-state index in [4.69, 9.17) is 17.3 Å². The zero-order valence-corrected chi connectivity index (χ0v) is 12.7. The van der Waals surface area contributed by atoms with E-state index in [0.717, 1.165) is 25.6 Å². The van der Waals surface area contributed by atoms with Crippen LogP contribution in [0.15, 0.2) is 18.2 Å². The zero-order chi connectivity index (χ0) is 13.9. The third-order valence-electron chi connectivity index (χ3n) is 4.72. The predicted octanol–water partition coefficient (Wildman–Crippen LogP) is 3.28. The number of nitrogens with zero attached hydrogens (tertiary/aromatic N) is 1. The zero-order valence-electron chi connectivity index (χ0n) is 11.9. The summed E-state index contributed by atoms with van der Waals surface area (Å²) >= 11 is 6.21. The maximum atomic E-state index is 6.21. The van der Waals surface area contributed by atoms with Crippen molar-refractivity contribution in [2.45, 2.75) is 38.1 Å². The van der Waals surface area contributed by atoms with E-state index in [2.05, 4.69) is 16.3 Å². The van der Waals surface area contributed by atoms with Gasteiger partial charge >= 0.3 is 0 Å². The van der Waals surface area contributed by atoms with Gasteiger partial charge in [-0.05, 0) is 49.9 Å². The van der Waals surface area contributed by atoms with Gasteiger partial charge in [0.15, 0.2) is 0 Å². The number of rotatable bonds is 4. The SMILES string of the molecule is Nc1ccc(N(CC2CCCC2)[C@H]2CCNC2)cc1Cl. The Morgan fingerprint density at radius 3 is 2.70 bits per heavy atom. The van der Waals surface area contributed by atoms with Crippen molar-refractivity contribution in [3.8, 4) is 0 Å². The first-order chi connectivity index (χ1) is 9.74. The highest BCUT2D eigenvalue weighted by Crippen LogP contribution is 2.32. The minimum atomic E-state index is 0.593. The number of hydrogen-bond donors (Lipinski definition) is 2. The smallest absolute Gasteiger partial charge is 0.0656 e. The van der Waals surface area contributed by atoms with Crippen molar-refractivity contribution in [2.75, 3.05) is 30.3 Å². The summed E-state index contributed by atoms with van der Waals surface area (Å²) in [6.07, 6.45) is 6.75. The maximum absolute atomic E-state index is 6.21. The third kappa shape index (κ3) is 3.04. The highest BCUT2D eigenvalue weighted by molar-refractivity contribution is 6.33. The molecule has 4 heteroatoms. The van der Waals surface area contributed by atoms with E-state index in [1.54, 1.807) is 0 Å². The van der Waals surface area contributed by atoms with Crippen LogP contribution in [0.5, 0.6) is 0 Å². The minimum absolute atomic E-state index is 0.593.